The molecular weight excluding hydrogens is 534 g/mol. The molecular formula is C24H35N5O9S. The van der Waals surface area contributed by atoms with Crippen LogP contribution in [0, 0.1) is 0 Å². The predicted molar refractivity (Wildman–Crippen MR) is 142 cm³/mol. The van der Waals surface area contributed by atoms with Crippen LogP contribution in [-0.4, -0.2) is 87.1 Å². The fourth-order valence-electron chi connectivity index (χ4n) is 3.36. The van der Waals surface area contributed by atoms with Crippen LogP contribution in [0.2, 0.25) is 0 Å². The molecule has 10 N–H and O–H groups in total. The van der Waals surface area contributed by atoms with Gasteiger partial charge in [0.05, 0.1) is 6.04 Å². The number of nitrogens with one attached hydrogen (secondary N) is 3. The summed E-state index contributed by atoms with van der Waals surface area (Å²) in [5, 5.41) is 35.3. The summed E-state index contributed by atoms with van der Waals surface area (Å²) >= 11 is 1.39. The van der Waals surface area contributed by atoms with Gasteiger partial charge in [-0.05, 0) is 49.0 Å². The molecule has 4 atom stereocenters. The van der Waals surface area contributed by atoms with Gasteiger partial charge in [0, 0.05) is 19.3 Å². The summed E-state index contributed by atoms with van der Waals surface area (Å²) in [6.45, 7) is 0. The summed E-state index contributed by atoms with van der Waals surface area (Å²) in [5.41, 5.74) is 11.3. The van der Waals surface area contributed by atoms with E-state index in [9.17, 15) is 39.0 Å². The lowest BCUT2D eigenvalue weighted by atomic mass is 10.0. The van der Waals surface area contributed by atoms with Gasteiger partial charge in [-0.25, -0.2) is 4.79 Å². The SMILES string of the molecule is CSCCC(NC(=O)C(Cc1ccc(O)cc1)NC(=O)C(CCC(=O)O)NC(=O)C(N)CCC(N)=O)C(=O)O. The monoisotopic (exact) mass is 569 g/mol. The molecule has 0 fully saturated rings. The van der Waals surface area contributed by atoms with Gasteiger partial charge in [0.25, 0.3) is 0 Å². The van der Waals surface area contributed by atoms with Gasteiger partial charge in [-0.2, -0.15) is 11.8 Å². The third-order valence-corrected chi connectivity index (χ3v) is 6.20. The first-order valence-electron chi connectivity index (χ1n) is 12.0. The van der Waals surface area contributed by atoms with E-state index in [1.54, 1.807) is 6.26 Å². The Labute approximate surface area is 229 Å². The molecule has 1 rings (SSSR count). The zero-order chi connectivity index (χ0) is 29.5. The summed E-state index contributed by atoms with van der Waals surface area (Å²) in [7, 11) is 0. The molecule has 0 aliphatic rings. The van der Waals surface area contributed by atoms with E-state index < -0.39 is 66.2 Å². The van der Waals surface area contributed by atoms with E-state index in [1.807, 2.05) is 0 Å². The average Bonchev–Trinajstić information content (AvgIpc) is 2.87. The van der Waals surface area contributed by atoms with E-state index in [2.05, 4.69) is 16.0 Å². The molecule has 216 valence electrons. The summed E-state index contributed by atoms with van der Waals surface area (Å²) in [6, 6.07) is 0.594. The van der Waals surface area contributed by atoms with Gasteiger partial charge in [0.1, 0.15) is 23.9 Å². The van der Waals surface area contributed by atoms with Gasteiger partial charge in [0.2, 0.25) is 23.6 Å². The molecule has 15 heteroatoms. The maximum atomic E-state index is 13.2. The Balaban J connectivity index is 3.15. The number of primary amides is 1. The number of carboxylic acid groups (broad SMARTS) is 2. The molecule has 0 saturated carbocycles. The molecule has 0 saturated heterocycles. The van der Waals surface area contributed by atoms with E-state index in [1.165, 1.54) is 36.0 Å². The number of amides is 4. The molecule has 0 heterocycles. The number of hydrogen-bond acceptors (Lipinski definition) is 9. The van der Waals surface area contributed by atoms with Crippen LogP contribution in [-0.2, 0) is 35.2 Å². The maximum absolute atomic E-state index is 13.2. The van der Waals surface area contributed by atoms with Gasteiger partial charge < -0.3 is 42.7 Å². The lowest BCUT2D eigenvalue weighted by Crippen LogP contribution is -2.57. The average molecular weight is 570 g/mol. The second-order valence-corrected chi connectivity index (χ2v) is 9.70. The van der Waals surface area contributed by atoms with E-state index in [0.29, 0.717) is 11.3 Å². The normalized spacial score (nSPS) is 13.8. The number of carboxylic acids is 2. The molecule has 0 spiro atoms. The first kappa shape index (κ1) is 33.2. The Morgan fingerprint density at radius 1 is 0.821 bits per heavy atom. The van der Waals surface area contributed by atoms with Crippen molar-refractivity contribution < 1.29 is 44.1 Å². The molecule has 39 heavy (non-hydrogen) atoms. The molecule has 4 amide bonds. The number of phenols is 1. The van der Waals surface area contributed by atoms with Crippen LogP contribution in [0.3, 0.4) is 0 Å². The Kier molecular flexibility index (Phi) is 14.4. The van der Waals surface area contributed by atoms with Gasteiger partial charge in [-0.1, -0.05) is 12.1 Å². The second-order valence-electron chi connectivity index (χ2n) is 8.72. The number of carbonyl (C=O) groups is 6. The Morgan fingerprint density at radius 3 is 1.92 bits per heavy atom. The smallest absolute Gasteiger partial charge is 0.326 e. The standard InChI is InChI=1S/C24H35N5O9S/c1-39-11-10-17(24(37)38)28-23(36)18(12-13-2-4-14(30)5-3-13)29-22(35)16(7-9-20(32)33)27-21(34)15(25)6-8-19(26)31/h2-5,15-18,30H,6-12,25H2,1H3,(H2,26,31)(H,27,34)(H,28,36)(H,29,35)(H,32,33)(H,37,38). The fraction of sp³-hybridized carbons (Fsp3) is 0.500. The van der Waals surface area contributed by atoms with Crippen molar-refractivity contribution in [1.82, 2.24) is 16.0 Å². The summed E-state index contributed by atoms with van der Waals surface area (Å²) in [5.74, 6) is -5.31. The number of benzene rings is 1. The van der Waals surface area contributed by atoms with Crippen LogP contribution < -0.4 is 27.4 Å². The lowest BCUT2D eigenvalue weighted by molar-refractivity contribution is -0.142. The van der Waals surface area contributed by atoms with Crippen LogP contribution in [0.1, 0.15) is 37.7 Å². The third-order valence-electron chi connectivity index (χ3n) is 5.55. The molecule has 0 aliphatic heterocycles. The molecule has 1 aromatic carbocycles. The van der Waals surface area contributed by atoms with Crippen molar-refractivity contribution in [3.05, 3.63) is 29.8 Å². The highest BCUT2D eigenvalue weighted by Gasteiger charge is 2.31. The second kappa shape index (κ2) is 16.9. The molecule has 0 aromatic heterocycles. The Bertz CT molecular complexity index is 1020. The topological polar surface area (TPSA) is 251 Å². The Morgan fingerprint density at radius 2 is 1.38 bits per heavy atom. The zero-order valence-electron chi connectivity index (χ0n) is 21.4. The molecule has 0 bridgehead atoms. The van der Waals surface area contributed by atoms with Crippen molar-refractivity contribution in [2.45, 2.75) is 62.7 Å². The number of aromatic hydroxyl groups is 1. The predicted octanol–water partition coefficient (Wildman–Crippen LogP) is -1.32. The van der Waals surface area contributed by atoms with E-state index >= 15 is 0 Å². The van der Waals surface area contributed by atoms with Gasteiger partial charge in [0.15, 0.2) is 0 Å². The van der Waals surface area contributed by atoms with Crippen molar-refractivity contribution >= 4 is 47.3 Å². The van der Waals surface area contributed by atoms with Gasteiger partial charge >= 0.3 is 11.9 Å². The molecule has 1 aromatic rings. The Hall–Kier alpha value is -3.85. The highest BCUT2D eigenvalue weighted by Crippen LogP contribution is 2.13. The molecule has 14 nitrogen and oxygen atoms in total. The van der Waals surface area contributed by atoms with Gasteiger partial charge in [-0.3, -0.25) is 24.0 Å². The minimum Gasteiger partial charge on any atom is -0.508 e. The number of aliphatic carboxylic acids is 2. The van der Waals surface area contributed by atoms with E-state index in [-0.39, 0.29) is 37.9 Å². The number of rotatable bonds is 18. The van der Waals surface area contributed by atoms with Crippen LogP contribution >= 0.6 is 11.8 Å². The number of nitrogens with two attached hydrogens (primary N) is 2. The summed E-state index contributed by atoms with van der Waals surface area (Å²) in [4.78, 5) is 72.5. The number of thioether (sulfide) groups is 1. The number of carbonyl (C=O) groups excluding carboxylic acids is 4. The van der Waals surface area contributed by atoms with Crippen LogP contribution in [0.4, 0.5) is 0 Å². The van der Waals surface area contributed by atoms with E-state index in [0.717, 1.165) is 0 Å². The largest absolute Gasteiger partial charge is 0.508 e. The van der Waals surface area contributed by atoms with Gasteiger partial charge in [-0.15, -0.1) is 0 Å². The van der Waals surface area contributed by atoms with Crippen molar-refractivity contribution in [3.63, 3.8) is 0 Å². The molecule has 4 unspecified atom stereocenters. The first-order chi connectivity index (χ1) is 18.3. The highest BCUT2D eigenvalue weighted by molar-refractivity contribution is 7.98. The minimum atomic E-state index is -1.41. The number of hydrogen-bond donors (Lipinski definition) is 8. The van der Waals surface area contributed by atoms with Crippen molar-refractivity contribution in [1.29, 1.82) is 0 Å². The third kappa shape index (κ3) is 13.0. The van der Waals surface area contributed by atoms with Crippen LogP contribution in [0.5, 0.6) is 5.75 Å². The number of phenolic OH excluding ortho intramolecular Hbond substituents is 1. The van der Waals surface area contributed by atoms with Crippen molar-refractivity contribution in [2.75, 3.05) is 12.0 Å². The minimum absolute atomic E-state index is 0.0316. The highest BCUT2D eigenvalue weighted by atomic mass is 32.2. The summed E-state index contributed by atoms with van der Waals surface area (Å²) in [6.07, 6.45) is 0.671. The summed E-state index contributed by atoms with van der Waals surface area (Å²) < 4.78 is 0. The van der Waals surface area contributed by atoms with Crippen molar-refractivity contribution in [3.8, 4) is 5.75 Å². The van der Waals surface area contributed by atoms with Crippen LogP contribution in [0.15, 0.2) is 24.3 Å². The first-order valence-corrected chi connectivity index (χ1v) is 13.4. The quantitative estimate of drug-likeness (QED) is 0.103. The lowest BCUT2D eigenvalue weighted by Gasteiger charge is -2.25. The van der Waals surface area contributed by atoms with Crippen molar-refractivity contribution in [2.24, 2.45) is 11.5 Å². The molecule has 0 aliphatic carbocycles. The zero-order valence-corrected chi connectivity index (χ0v) is 22.2. The van der Waals surface area contributed by atoms with Crippen LogP contribution in [0.25, 0.3) is 0 Å². The maximum Gasteiger partial charge on any atom is 0.326 e. The fourth-order valence-corrected chi connectivity index (χ4v) is 3.83. The molecule has 0 radical (unpaired) electrons. The van der Waals surface area contributed by atoms with E-state index in [4.69, 9.17) is 16.6 Å².